The standard InChI is InChI=1S/C28H29ClF2N6/c1-17-26(16-33-37(17)21-5-6-21)35-28-32-15-20-13-23(29)22(14-25(20)34-28)18-7-10-36(11-8-18)12-9-19-3-2-4-24(30)27(19)31/h2-4,13-16,18,21H,5-12H2,1H3,(H,32,34,35). The lowest BCUT2D eigenvalue weighted by Gasteiger charge is -2.32. The van der Waals surface area contributed by atoms with Gasteiger partial charge >= 0.3 is 0 Å². The minimum absolute atomic E-state index is 0.324. The Hall–Kier alpha value is -3.10. The molecule has 1 saturated heterocycles. The maximum Gasteiger partial charge on any atom is 0.227 e. The molecule has 0 radical (unpaired) electrons. The summed E-state index contributed by atoms with van der Waals surface area (Å²) in [5.74, 6) is -0.654. The number of hydrogen-bond acceptors (Lipinski definition) is 5. The number of likely N-dealkylation sites (tertiary alicyclic amines) is 1. The Bertz CT molecular complexity index is 1440. The van der Waals surface area contributed by atoms with Gasteiger partial charge < -0.3 is 10.2 Å². The number of piperidine rings is 1. The molecule has 0 spiro atoms. The van der Waals surface area contributed by atoms with Crippen LogP contribution in [0, 0.1) is 18.6 Å². The number of aromatic nitrogens is 4. The van der Waals surface area contributed by atoms with E-state index in [1.165, 1.54) is 12.8 Å². The number of nitrogens with zero attached hydrogens (tertiary/aromatic N) is 5. The molecule has 0 atom stereocenters. The Morgan fingerprint density at radius 1 is 1.08 bits per heavy atom. The fraction of sp³-hybridized carbons (Fsp3) is 0.393. The molecular weight excluding hydrogens is 494 g/mol. The fourth-order valence-corrected chi connectivity index (χ4v) is 5.61. The molecule has 1 aliphatic carbocycles. The largest absolute Gasteiger partial charge is 0.321 e. The van der Waals surface area contributed by atoms with Crippen LogP contribution in [0.5, 0.6) is 0 Å². The van der Waals surface area contributed by atoms with E-state index in [0.717, 1.165) is 64.9 Å². The molecule has 6 rings (SSSR count). The van der Waals surface area contributed by atoms with Gasteiger partial charge in [0, 0.05) is 23.2 Å². The van der Waals surface area contributed by atoms with Gasteiger partial charge in [-0.25, -0.2) is 18.7 Å². The highest BCUT2D eigenvalue weighted by Crippen LogP contribution is 2.37. The van der Waals surface area contributed by atoms with Gasteiger partial charge in [0.25, 0.3) is 0 Å². The zero-order valence-electron chi connectivity index (χ0n) is 20.7. The van der Waals surface area contributed by atoms with Crippen LogP contribution in [0.25, 0.3) is 10.9 Å². The van der Waals surface area contributed by atoms with Gasteiger partial charge in [0.2, 0.25) is 5.95 Å². The summed E-state index contributed by atoms with van der Waals surface area (Å²) < 4.78 is 29.6. The molecule has 6 nitrogen and oxygen atoms in total. The fourth-order valence-electron chi connectivity index (χ4n) is 5.28. The van der Waals surface area contributed by atoms with Gasteiger partial charge in [-0.05, 0) is 87.4 Å². The lowest BCUT2D eigenvalue weighted by atomic mass is 9.88. The van der Waals surface area contributed by atoms with Crippen LogP contribution in [0.3, 0.4) is 0 Å². The first-order valence-electron chi connectivity index (χ1n) is 12.9. The molecule has 2 aliphatic rings. The summed E-state index contributed by atoms with van der Waals surface area (Å²) in [4.78, 5) is 11.6. The van der Waals surface area contributed by atoms with E-state index in [2.05, 4.69) is 38.0 Å². The molecule has 1 N–H and O–H groups in total. The maximum atomic E-state index is 14.0. The third-order valence-electron chi connectivity index (χ3n) is 7.64. The highest BCUT2D eigenvalue weighted by molar-refractivity contribution is 6.32. The van der Waals surface area contributed by atoms with E-state index in [4.69, 9.17) is 16.6 Å². The quantitative estimate of drug-likeness (QED) is 0.297. The molecule has 1 aliphatic heterocycles. The van der Waals surface area contributed by atoms with Crippen molar-refractivity contribution in [2.75, 3.05) is 25.0 Å². The van der Waals surface area contributed by atoms with Gasteiger partial charge in [-0.2, -0.15) is 5.10 Å². The molecule has 192 valence electrons. The molecule has 0 amide bonds. The van der Waals surface area contributed by atoms with E-state index in [9.17, 15) is 8.78 Å². The normalized spacial score (nSPS) is 17.0. The molecular formula is C28H29ClF2N6. The molecule has 2 fully saturated rings. The van der Waals surface area contributed by atoms with Gasteiger partial charge in [0.1, 0.15) is 0 Å². The van der Waals surface area contributed by atoms with E-state index in [0.29, 0.717) is 36.4 Å². The second kappa shape index (κ2) is 9.99. The Labute approximate surface area is 219 Å². The van der Waals surface area contributed by atoms with Crippen LogP contribution in [0.2, 0.25) is 5.02 Å². The smallest absolute Gasteiger partial charge is 0.227 e. The minimum Gasteiger partial charge on any atom is -0.321 e. The van der Waals surface area contributed by atoms with Crippen molar-refractivity contribution in [3.63, 3.8) is 0 Å². The monoisotopic (exact) mass is 522 g/mol. The van der Waals surface area contributed by atoms with Gasteiger partial charge in [0.15, 0.2) is 11.6 Å². The summed E-state index contributed by atoms with van der Waals surface area (Å²) in [5, 5.41) is 9.47. The van der Waals surface area contributed by atoms with Crippen molar-refractivity contribution in [2.24, 2.45) is 0 Å². The molecule has 2 aromatic heterocycles. The Morgan fingerprint density at radius 3 is 2.68 bits per heavy atom. The van der Waals surface area contributed by atoms with Crippen molar-refractivity contribution in [3.8, 4) is 0 Å². The zero-order valence-corrected chi connectivity index (χ0v) is 21.5. The highest BCUT2D eigenvalue weighted by Gasteiger charge is 2.27. The second-order valence-corrected chi connectivity index (χ2v) is 10.6. The first kappa shape index (κ1) is 24.2. The van der Waals surface area contributed by atoms with Crippen molar-refractivity contribution in [2.45, 2.75) is 51.0 Å². The van der Waals surface area contributed by atoms with Crippen LogP contribution in [0.4, 0.5) is 20.4 Å². The van der Waals surface area contributed by atoms with Crippen molar-refractivity contribution in [3.05, 3.63) is 76.2 Å². The number of anilines is 2. The summed E-state index contributed by atoms with van der Waals surface area (Å²) >= 11 is 6.70. The highest BCUT2D eigenvalue weighted by atomic mass is 35.5. The summed E-state index contributed by atoms with van der Waals surface area (Å²) in [6.07, 6.45) is 8.40. The van der Waals surface area contributed by atoms with E-state index >= 15 is 0 Å². The second-order valence-electron chi connectivity index (χ2n) is 10.1. The summed E-state index contributed by atoms with van der Waals surface area (Å²) in [7, 11) is 0. The topological polar surface area (TPSA) is 58.9 Å². The molecule has 0 bridgehead atoms. The first-order chi connectivity index (χ1) is 18.0. The zero-order chi connectivity index (χ0) is 25.5. The predicted octanol–water partition coefficient (Wildman–Crippen LogP) is 6.57. The lowest BCUT2D eigenvalue weighted by Crippen LogP contribution is -2.34. The third-order valence-corrected chi connectivity index (χ3v) is 7.97. The van der Waals surface area contributed by atoms with E-state index in [1.807, 2.05) is 12.3 Å². The lowest BCUT2D eigenvalue weighted by molar-refractivity contribution is 0.214. The molecule has 37 heavy (non-hydrogen) atoms. The molecule has 2 aromatic carbocycles. The SMILES string of the molecule is Cc1c(Nc2ncc3cc(Cl)c(C4CCN(CCc5cccc(F)c5F)CC4)cc3n2)cnn1C1CC1. The van der Waals surface area contributed by atoms with E-state index < -0.39 is 11.6 Å². The third kappa shape index (κ3) is 5.05. The van der Waals surface area contributed by atoms with E-state index in [-0.39, 0.29) is 0 Å². The first-order valence-corrected chi connectivity index (χ1v) is 13.3. The van der Waals surface area contributed by atoms with Crippen molar-refractivity contribution in [1.82, 2.24) is 24.6 Å². The van der Waals surface area contributed by atoms with Crippen LogP contribution in [0.15, 0.2) is 42.7 Å². The number of rotatable bonds is 7. The summed E-state index contributed by atoms with van der Waals surface area (Å²) in [6, 6.07) is 8.94. The Morgan fingerprint density at radius 2 is 1.89 bits per heavy atom. The van der Waals surface area contributed by atoms with Crippen molar-refractivity contribution >= 4 is 34.1 Å². The number of hydrogen-bond donors (Lipinski definition) is 1. The van der Waals surface area contributed by atoms with Crippen LogP contribution >= 0.6 is 11.6 Å². The molecule has 4 aromatic rings. The Balaban J connectivity index is 1.13. The average Bonchev–Trinajstić information content (AvgIpc) is 3.68. The summed E-state index contributed by atoms with van der Waals surface area (Å²) in [6.45, 7) is 4.54. The van der Waals surface area contributed by atoms with Crippen LogP contribution in [-0.4, -0.2) is 44.3 Å². The molecule has 9 heteroatoms. The van der Waals surface area contributed by atoms with E-state index in [1.54, 1.807) is 18.3 Å². The molecule has 1 saturated carbocycles. The number of nitrogens with one attached hydrogen (secondary N) is 1. The molecule has 0 unspecified atom stereocenters. The number of benzene rings is 2. The van der Waals surface area contributed by atoms with Gasteiger partial charge in [0.05, 0.1) is 29.1 Å². The van der Waals surface area contributed by atoms with Gasteiger partial charge in [-0.15, -0.1) is 0 Å². The van der Waals surface area contributed by atoms with Gasteiger partial charge in [-0.1, -0.05) is 23.7 Å². The molecule has 3 heterocycles. The minimum atomic E-state index is -0.784. The average molecular weight is 523 g/mol. The van der Waals surface area contributed by atoms with Crippen LogP contribution in [-0.2, 0) is 6.42 Å². The number of halogens is 3. The summed E-state index contributed by atoms with van der Waals surface area (Å²) in [5.41, 5.74) is 4.40. The van der Waals surface area contributed by atoms with Crippen molar-refractivity contribution < 1.29 is 8.78 Å². The van der Waals surface area contributed by atoms with Crippen molar-refractivity contribution in [1.29, 1.82) is 0 Å². The Kier molecular flexibility index (Phi) is 6.55. The number of fused-ring (bicyclic) bond motifs is 1. The predicted molar refractivity (Wildman–Crippen MR) is 142 cm³/mol. The maximum absolute atomic E-state index is 14.0. The van der Waals surface area contributed by atoms with Crippen LogP contribution in [0.1, 0.15) is 54.5 Å². The van der Waals surface area contributed by atoms with Crippen LogP contribution < -0.4 is 5.32 Å². The van der Waals surface area contributed by atoms with Gasteiger partial charge in [-0.3, -0.25) is 4.68 Å².